The number of carbonyl (C=O) groups is 1. The van der Waals surface area contributed by atoms with Gasteiger partial charge >= 0.3 is 0 Å². The molecule has 0 aromatic heterocycles. The van der Waals surface area contributed by atoms with Gasteiger partial charge in [0, 0.05) is 18.2 Å². The van der Waals surface area contributed by atoms with Crippen molar-refractivity contribution < 1.29 is 9.18 Å². The lowest BCUT2D eigenvalue weighted by Gasteiger charge is -2.19. The second-order valence-corrected chi connectivity index (χ2v) is 5.00. The summed E-state index contributed by atoms with van der Waals surface area (Å²) in [5.41, 5.74) is 6.56. The van der Waals surface area contributed by atoms with Crippen LogP contribution in [0.1, 0.15) is 36.2 Å². The summed E-state index contributed by atoms with van der Waals surface area (Å²) in [6.45, 7) is 6.21. The van der Waals surface area contributed by atoms with Crippen LogP contribution < -0.4 is 11.1 Å². The van der Waals surface area contributed by atoms with Gasteiger partial charge in [-0.25, -0.2) is 4.39 Å². The van der Waals surface area contributed by atoms with E-state index in [2.05, 4.69) is 19.2 Å². The highest BCUT2D eigenvalue weighted by Crippen LogP contribution is 2.10. The van der Waals surface area contributed by atoms with Crippen LogP contribution in [0.2, 0.25) is 0 Å². The van der Waals surface area contributed by atoms with Gasteiger partial charge in [0.05, 0.1) is 0 Å². The number of benzene rings is 1. The number of nitrogens with one attached hydrogen (secondary N) is 1. The monoisotopic (exact) mass is 252 g/mol. The van der Waals surface area contributed by atoms with E-state index in [-0.39, 0.29) is 17.8 Å². The topological polar surface area (TPSA) is 55.1 Å². The minimum atomic E-state index is -0.302. The van der Waals surface area contributed by atoms with Gasteiger partial charge in [0.1, 0.15) is 5.82 Å². The fourth-order valence-corrected chi connectivity index (χ4v) is 1.84. The van der Waals surface area contributed by atoms with Gasteiger partial charge in [-0.05, 0) is 43.0 Å². The van der Waals surface area contributed by atoms with Crippen LogP contribution in [0.5, 0.6) is 0 Å². The van der Waals surface area contributed by atoms with Gasteiger partial charge in [-0.1, -0.05) is 13.8 Å². The molecule has 0 saturated heterocycles. The molecule has 1 unspecified atom stereocenters. The summed E-state index contributed by atoms with van der Waals surface area (Å²) in [6, 6.07) is 4.31. The highest BCUT2D eigenvalue weighted by atomic mass is 19.1. The summed E-state index contributed by atoms with van der Waals surface area (Å²) in [5, 5.41) is 2.87. The molecular formula is C14H21FN2O. The normalized spacial score (nSPS) is 12.6. The van der Waals surface area contributed by atoms with Crippen LogP contribution in [0.15, 0.2) is 18.2 Å². The molecule has 18 heavy (non-hydrogen) atoms. The molecule has 3 N–H and O–H groups in total. The van der Waals surface area contributed by atoms with Crippen LogP contribution in [0.25, 0.3) is 0 Å². The van der Waals surface area contributed by atoms with E-state index in [4.69, 9.17) is 5.73 Å². The van der Waals surface area contributed by atoms with E-state index in [0.717, 1.165) is 6.42 Å². The molecule has 0 aliphatic rings. The Labute approximate surface area is 108 Å². The first kappa shape index (κ1) is 14.6. The number of aryl methyl sites for hydroxylation is 1. The van der Waals surface area contributed by atoms with Crippen molar-refractivity contribution in [3.8, 4) is 0 Å². The summed E-state index contributed by atoms with van der Waals surface area (Å²) < 4.78 is 13.1. The minimum absolute atomic E-state index is 0.0390. The highest BCUT2D eigenvalue weighted by molar-refractivity contribution is 5.94. The molecule has 0 spiro atoms. The van der Waals surface area contributed by atoms with E-state index in [1.165, 1.54) is 12.1 Å². The van der Waals surface area contributed by atoms with E-state index in [0.29, 0.717) is 23.6 Å². The molecular weight excluding hydrogens is 231 g/mol. The van der Waals surface area contributed by atoms with Gasteiger partial charge < -0.3 is 11.1 Å². The van der Waals surface area contributed by atoms with Crippen LogP contribution in [0.3, 0.4) is 0 Å². The summed E-state index contributed by atoms with van der Waals surface area (Å²) in [4.78, 5) is 12.0. The van der Waals surface area contributed by atoms with Crippen molar-refractivity contribution >= 4 is 5.91 Å². The van der Waals surface area contributed by atoms with Gasteiger partial charge in [0.2, 0.25) is 0 Å². The molecule has 0 aliphatic heterocycles. The third-order valence-corrected chi connectivity index (χ3v) is 2.80. The molecule has 3 nitrogen and oxygen atoms in total. The average Bonchev–Trinajstić information content (AvgIpc) is 2.31. The molecule has 0 saturated carbocycles. The molecule has 0 fully saturated rings. The average molecular weight is 252 g/mol. The summed E-state index contributed by atoms with van der Waals surface area (Å²) in [6.07, 6.45) is 0.836. The van der Waals surface area contributed by atoms with E-state index < -0.39 is 0 Å². The molecule has 4 heteroatoms. The Hall–Kier alpha value is -1.42. The number of hydrogen-bond donors (Lipinski definition) is 2. The predicted octanol–water partition coefficient (Wildman–Crippen LogP) is 2.24. The van der Waals surface area contributed by atoms with Crippen molar-refractivity contribution in [2.24, 2.45) is 11.7 Å². The van der Waals surface area contributed by atoms with Crippen molar-refractivity contribution in [3.05, 3.63) is 35.1 Å². The Morgan fingerprint density at radius 2 is 2.11 bits per heavy atom. The fraction of sp³-hybridized carbons (Fsp3) is 0.500. The smallest absolute Gasteiger partial charge is 0.251 e. The lowest BCUT2D eigenvalue weighted by Crippen LogP contribution is -2.41. The third-order valence-electron chi connectivity index (χ3n) is 2.80. The van der Waals surface area contributed by atoms with Crippen LogP contribution in [0.4, 0.5) is 4.39 Å². The van der Waals surface area contributed by atoms with Crippen molar-refractivity contribution in [1.82, 2.24) is 5.32 Å². The fourth-order valence-electron chi connectivity index (χ4n) is 1.84. The van der Waals surface area contributed by atoms with Gasteiger partial charge in [-0.2, -0.15) is 0 Å². The predicted molar refractivity (Wildman–Crippen MR) is 70.9 cm³/mol. The van der Waals surface area contributed by atoms with Gasteiger partial charge in [-0.15, -0.1) is 0 Å². The van der Waals surface area contributed by atoms with Gasteiger partial charge in [-0.3, -0.25) is 4.79 Å². The first-order valence-corrected chi connectivity index (χ1v) is 6.21. The summed E-state index contributed by atoms with van der Waals surface area (Å²) in [5.74, 6) is -0.0351. The molecule has 1 aromatic carbocycles. The Balaban J connectivity index is 2.71. The first-order valence-electron chi connectivity index (χ1n) is 6.21. The molecule has 100 valence electrons. The van der Waals surface area contributed by atoms with Crippen LogP contribution in [-0.4, -0.2) is 18.5 Å². The first-order chi connectivity index (χ1) is 8.43. The van der Waals surface area contributed by atoms with Crippen LogP contribution >= 0.6 is 0 Å². The maximum absolute atomic E-state index is 13.1. The molecule has 1 amide bonds. The Bertz CT molecular complexity index is 418. The molecule has 1 aromatic rings. The number of rotatable bonds is 5. The molecule has 0 radical (unpaired) electrons. The zero-order valence-corrected chi connectivity index (χ0v) is 11.2. The van der Waals surface area contributed by atoms with Crippen LogP contribution in [0, 0.1) is 18.7 Å². The summed E-state index contributed by atoms with van der Waals surface area (Å²) in [7, 11) is 0. The highest BCUT2D eigenvalue weighted by Gasteiger charge is 2.14. The lowest BCUT2D eigenvalue weighted by molar-refractivity contribution is 0.0933. The van der Waals surface area contributed by atoms with Crippen LogP contribution in [-0.2, 0) is 0 Å². The van der Waals surface area contributed by atoms with Crippen molar-refractivity contribution in [1.29, 1.82) is 0 Å². The molecule has 0 aliphatic carbocycles. The SMILES string of the molecule is Cc1cc(C(=O)NC(CN)CC(C)C)ccc1F. The number of carbonyl (C=O) groups excluding carboxylic acids is 1. The number of hydrogen-bond acceptors (Lipinski definition) is 2. The lowest BCUT2D eigenvalue weighted by atomic mass is 10.0. The molecule has 0 bridgehead atoms. The zero-order chi connectivity index (χ0) is 13.7. The maximum Gasteiger partial charge on any atom is 0.251 e. The largest absolute Gasteiger partial charge is 0.348 e. The van der Waals surface area contributed by atoms with Crippen molar-refractivity contribution in [3.63, 3.8) is 0 Å². The van der Waals surface area contributed by atoms with Gasteiger partial charge in [0.15, 0.2) is 0 Å². The third kappa shape index (κ3) is 4.11. The zero-order valence-electron chi connectivity index (χ0n) is 11.2. The Morgan fingerprint density at radius 3 is 2.61 bits per heavy atom. The standard InChI is InChI=1S/C14H21FN2O/c1-9(2)6-12(8-16)17-14(18)11-4-5-13(15)10(3)7-11/h4-5,7,9,12H,6,8,16H2,1-3H3,(H,17,18). The Morgan fingerprint density at radius 1 is 1.44 bits per heavy atom. The molecule has 1 rings (SSSR count). The minimum Gasteiger partial charge on any atom is -0.348 e. The van der Waals surface area contributed by atoms with E-state index in [1.807, 2.05) is 0 Å². The number of nitrogens with two attached hydrogens (primary N) is 1. The quantitative estimate of drug-likeness (QED) is 0.844. The van der Waals surface area contributed by atoms with E-state index in [9.17, 15) is 9.18 Å². The van der Waals surface area contributed by atoms with E-state index in [1.54, 1.807) is 13.0 Å². The Kier molecular flexibility index (Phi) is 5.28. The van der Waals surface area contributed by atoms with Crippen molar-refractivity contribution in [2.45, 2.75) is 33.2 Å². The summed E-state index contributed by atoms with van der Waals surface area (Å²) >= 11 is 0. The maximum atomic E-state index is 13.1. The second-order valence-electron chi connectivity index (χ2n) is 5.00. The van der Waals surface area contributed by atoms with Gasteiger partial charge in [0.25, 0.3) is 5.91 Å². The number of amides is 1. The van der Waals surface area contributed by atoms with E-state index >= 15 is 0 Å². The number of halogens is 1. The molecule has 1 atom stereocenters. The second kappa shape index (κ2) is 6.50. The molecule has 0 heterocycles. The van der Waals surface area contributed by atoms with Crippen molar-refractivity contribution in [2.75, 3.05) is 6.54 Å².